The van der Waals surface area contributed by atoms with Gasteiger partial charge in [0.2, 0.25) is 0 Å². The Kier molecular flexibility index (Phi) is 7.57. The monoisotopic (exact) mass is 791 g/mol. The number of furan rings is 1. The SMILES string of the molecule is c1ccc(N2c3ccccc3-c3ccc(-c4ccc(N(c5ccc6oc7ccccc7c6c5)c5ccc6c(c5)c5ccccc5n6-c5ccccc5)cc4)c4cccc2c34)cc1. The second-order valence-electron chi connectivity index (χ2n) is 16.1. The van der Waals surface area contributed by atoms with Crippen LogP contribution in [-0.4, -0.2) is 4.57 Å². The van der Waals surface area contributed by atoms with Crippen LogP contribution in [-0.2, 0) is 0 Å². The lowest BCUT2D eigenvalue weighted by atomic mass is 9.87. The van der Waals surface area contributed by atoms with Crippen LogP contribution >= 0.6 is 0 Å². The predicted molar refractivity (Wildman–Crippen MR) is 259 cm³/mol. The average molecular weight is 792 g/mol. The summed E-state index contributed by atoms with van der Waals surface area (Å²) in [4.78, 5) is 4.79. The highest BCUT2D eigenvalue weighted by molar-refractivity contribution is 6.17. The fraction of sp³-hybridized carbons (Fsp3) is 0. The van der Waals surface area contributed by atoms with Crippen molar-refractivity contribution in [2.75, 3.05) is 9.80 Å². The van der Waals surface area contributed by atoms with Gasteiger partial charge in [0.05, 0.1) is 22.4 Å². The summed E-state index contributed by atoms with van der Waals surface area (Å²) in [5.74, 6) is 0. The quantitative estimate of drug-likeness (QED) is 0.168. The number of rotatable bonds is 6. The van der Waals surface area contributed by atoms with Gasteiger partial charge < -0.3 is 18.8 Å². The second kappa shape index (κ2) is 13.6. The molecule has 4 heteroatoms. The van der Waals surface area contributed by atoms with E-state index >= 15 is 0 Å². The summed E-state index contributed by atoms with van der Waals surface area (Å²) in [5, 5.41) is 7.12. The number of anilines is 6. The molecule has 13 rings (SSSR count). The van der Waals surface area contributed by atoms with Crippen molar-refractivity contribution >= 4 is 88.6 Å². The molecule has 0 radical (unpaired) electrons. The van der Waals surface area contributed by atoms with Crippen molar-refractivity contribution in [3.8, 4) is 27.9 Å². The molecule has 0 saturated carbocycles. The maximum absolute atomic E-state index is 6.31. The molecule has 3 heterocycles. The van der Waals surface area contributed by atoms with Crippen molar-refractivity contribution in [2.45, 2.75) is 0 Å². The molecule has 0 spiro atoms. The fourth-order valence-corrected chi connectivity index (χ4v) is 9.98. The van der Waals surface area contributed by atoms with Gasteiger partial charge in [-0.05, 0) is 119 Å². The van der Waals surface area contributed by atoms with Gasteiger partial charge in [-0.15, -0.1) is 0 Å². The molecule has 0 bridgehead atoms. The van der Waals surface area contributed by atoms with E-state index in [0.29, 0.717) is 0 Å². The second-order valence-corrected chi connectivity index (χ2v) is 16.1. The molecular formula is C58H37N3O. The zero-order valence-corrected chi connectivity index (χ0v) is 33.6. The third-order valence-corrected chi connectivity index (χ3v) is 12.7. The number of benzene rings is 10. The number of hydrogen-bond acceptors (Lipinski definition) is 3. The molecule has 0 aliphatic carbocycles. The van der Waals surface area contributed by atoms with Crippen molar-refractivity contribution in [2.24, 2.45) is 0 Å². The van der Waals surface area contributed by atoms with Gasteiger partial charge in [-0.1, -0.05) is 127 Å². The third kappa shape index (κ3) is 5.20. The molecule has 290 valence electrons. The van der Waals surface area contributed by atoms with E-state index in [4.69, 9.17) is 4.42 Å². The van der Waals surface area contributed by atoms with E-state index in [9.17, 15) is 0 Å². The van der Waals surface area contributed by atoms with Crippen LogP contribution in [0.1, 0.15) is 0 Å². The number of para-hydroxylation sites is 5. The smallest absolute Gasteiger partial charge is 0.135 e. The minimum atomic E-state index is 0.878. The van der Waals surface area contributed by atoms with Gasteiger partial charge in [0.15, 0.2) is 0 Å². The Labute approximate surface area is 358 Å². The van der Waals surface area contributed by atoms with E-state index in [1.54, 1.807) is 0 Å². The number of nitrogens with zero attached hydrogens (tertiary/aromatic N) is 3. The van der Waals surface area contributed by atoms with Gasteiger partial charge in [0, 0.05) is 60.9 Å². The lowest BCUT2D eigenvalue weighted by Crippen LogP contribution is -2.14. The third-order valence-electron chi connectivity index (χ3n) is 12.7. The number of fused-ring (bicyclic) bond motifs is 8. The minimum absolute atomic E-state index is 0.878. The first-order valence-electron chi connectivity index (χ1n) is 21.2. The molecule has 1 aliphatic rings. The zero-order chi connectivity index (χ0) is 40.7. The van der Waals surface area contributed by atoms with E-state index in [2.05, 4.69) is 227 Å². The molecule has 4 nitrogen and oxygen atoms in total. The topological polar surface area (TPSA) is 24.6 Å². The minimum Gasteiger partial charge on any atom is -0.456 e. The Balaban J connectivity index is 0.982. The summed E-state index contributed by atoms with van der Waals surface area (Å²) in [6, 6.07) is 81.0. The highest BCUT2D eigenvalue weighted by Crippen LogP contribution is 2.52. The lowest BCUT2D eigenvalue weighted by molar-refractivity contribution is 0.669. The average Bonchev–Trinajstić information content (AvgIpc) is 3.88. The molecule has 62 heavy (non-hydrogen) atoms. The molecular weight excluding hydrogens is 755 g/mol. The van der Waals surface area contributed by atoms with Crippen LogP contribution < -0.4 is 9.80 Å². The molecule has 0 saturated heterocycles. The summed E-state index contributed by atoms with van der Waals surface area (Å²) in [6.45, 7) is 0. The largest absolute Gasteiger partial charge is 0.456 e. The summed E-state index contributed by atoms with van der Waals surface area (Å²) >= 11 is 0. The van der Waals surface area contributed by atoms with E-state index in [1.165, 1.54) is 66.2 Å². The molecule has 0 fully saturated rings. The van der Waals surface area contributed by atoms with E-state index in [-0.39, 0.29) is 0 Å². The highest BCUT2D eigenvalue weighted by Gasteiger charge is 2.27. The van der Waals surface area contributed by atoms with Crippen LogP contribution in [0.5, 0.6) is 0 Å². The summed E-state index contributed by atoms with van der Waals surface area (Å²) in [6.07, 6.45) is 0. The van der Waals surface area contributed by atoms with Gasteiger partial charge in [-0.25, -0.2) is 0 Å². The van der Waals surface area contributed by atoms with Crippen LogP contribution in [0.15, 0.2) is 229 Å². The van der Waals surface area contributed by atoms with Gasteiger partial charge >= 0.3 is 0 Å². The molecule has 0 unspecified atom stereocenters. The number of hydrogen-bond donors (Lipinski definition) is 0. The summed E-state index contributed by atoms with van der Waals surface area (Å²) < 4.78 is 8.68. The Bertz CT molecular complexity index is 3700. The van der Waals surface area contributed by atoms with E-state index in [0.717, 1.165) is 50.4 Å². The number of aromatic nitrogens is 1. The maximum Gasteiger partial charge on any atom is 0.135 e. The standard InChI is InChI=1S/C58H37N3O/c1-3-14-39(15-4-1)60-53-23-11-8-19-46(53)50-36-42(30-34-54(50)60)59(43-31-35-57-51(37-43)47-20-9-12-25-56(47)62-57)41-28-26-38(27-29-41)44-32-33-49-45-18-7-10-22-52(45)61(40-16-5-2-6-17-40)55-24-13-21-48(44)58(49)55/h1-37H. The lowest BCUT2D eigenvalue weighted by Gasteiger charge is -2.34. The molecule has 1 aliphatic heterocycles. The van der Waals surface area contributed by atoms with Crippen LogP contribution in [0, 0.1) is 0 Å². The molecule has 0 N–H and O–H groups in total. The normalized spacial score (nSPS) is 12.2. The molecule has 10 aromatic carbocycles. The van der Waals surface area contributed by atoms with Gasteiger partial charge in [-0.3, -0.25) is 0 Å². The first-order chi connectivity index (χ1) is 30.8. The van der Waals surface area contributed by atoms with Crippen LogP contribution in [0.2, 0.25) is 0 Å². The van der Waals surface area contributed by atoms with Gasteiger partial charge in [-0.2, -0.15) is 0 Å². The maximum atomic E-state index is 6.31. The van der Waals surface area contributed by atoms with Crippen molar-refractivity contribution in [1.82, 2.24) is 4.57 Å². The molecule has 2 aromatic heterocycles. The van der Waals surface area contributed by atoms with Crippen LogP contribution in [0.3, 0.4) is 0 Å². The summed E-state index contributed by atoms with van der Waals surface area (Å²) in [7, 11) is 0. The van der Waals surface area contributed by atoms with Crippen LogP contribution in [0.25, 0.3) is 82.5 Å². The van der Waals surface area contributed by atoms with E-state index in [1.807, 2.05) is 12.1 Å². The Hall–Kier alpha value is -8.34. The summed E-state index contributed by atoms with van der Waals surface area (Å²) in [5.41, 5.74) is 16.9. The highest BCUT2D eigenvalue weighted by atomic mass is 16.3. The van der Waals surface area contributed by atoms with Crippen molar-refractivity contribution in [3.05, 3.63) is 224 Å². The first kappa shape index (κ1) is 34.5. The van der Waals surface area contributed by atoms with Crippen molar-refractivity contribution in [3.63, 3.8) is 0 Å². The zero-order valence-electron chi connectivity index (χ0n) is 33.6. The fourth-order valence-electron chi connectivity index (χ4n) is 9.98. The van der Waals surface area contributed by atoms with Gasteiger partial charge in [0.25, 0.3) is 0 Å². The first-order valence-corrected chi connectivity index (χ1v) is 21.2. The Morgan fingerprint density at radius 2 is 0.935 bits per heavy atom. The van der Waals surface area contributed by atoms with Crippen molar-refractivity contribution < 1.29 is 4.42 Å². The molecule has 12 aromatic rings. The van der Waals surface area contributed by atoms with Crippen LogP contribution in [0.4, 0.5) is 34.1 Å². The Morgan fingerprint density at radius 3 is 1.77 bits per heavy atom. The molecule has 0 amide bonds. The van der Waals surface area contributed by atoms with E-state index < -0.39 is 0 Å². The molecule has 0 atom stereocenters. The van der Waals surface area contributed by atoms with Gasteiger partial charge in [0.1, 0.15) is 11.2 Å². The van der Waals surface area contributed by atoms with Crippen molar-refractivity contribution in [1.29, 1.82) is 0 Å². The predicted octanol–water partition coefficient (Wildman–Crippen LogP) is 16.4. The Morgan fingerprint density at radius 1 is 0.339 bits per heavy atom.